The molecule has 3 aromatic heterocycles. The van der Waals surface area contributed by atoms with Gasteiger partial charge in [-0.25, -0.2) is 4.39 Å². The minimum atomic E-state index is -0.342. The molecule has 1 aliphatic heterocycles. The Morgan fingerprint density at radius 2 is 2.07 bits per heavy atom. The third-order valence-electron chi connectivity index (χ3n) is 5.46. The Morgan fingerprint density at radius 3 is 2.93 bits per heavy atom. The molecule has 0 saturated carbocycles. The van der Waals surface area contributed by atoms with Crippen molar-refractivity contribution in [3.05, 3.63) is 83.2 Å². The van der Waals surface area contributed by atoms with Gasteiger partial charge in [-0.1, -0.05) is 11.6 Å². The second-order valence-electron chi connectivity index (χ2n) is 7.44. The fourth-order valence-electron chi connectivity index (χ4n) is 3.81. The summed E-state index contributed by atoms with van der Waals surface area (Å²) in [6.45, 7) is 2.15. The van der Waals surface area contributed by atoms with Crippen molar-refractivity contribution in [1.82, 2.24) is 20.0 Å². The topological polar surface area (TPSA) is 52.0 Å². The molecule has 1 N–H and O–H groups in total. The maximum absolute atomic E-state index is 13.5. The van der Waals surface area contributed by atoms with Gasteiger partial charge in [0.05, 0.1) is 5.52 Å². The van der Waals surface area contributed by atoms with E-state index in [2.05, 4.69) is 21.4 Å². The molecule has 5 nitrogen and oxygen atoms in total. The fraction of sp³-hybridized carbons (Fsp3) is 0.217. The molecule has 4 heterocycles. The van der Waals surface area contributed by atoms with E-state index in [4.69, 9.17) is 16.4 Å². The third-order valence-corrected chi connectivity index (χ3v) is 5.83. The van der Waals surface area contributed by atoms with E-state index >= 15 is 0 Å². The van der Waals surface area contributed by atoms with Crippen molar-refractivity contribution in [2.45, 2.75) is 18.9 Å². The average Bonchev–Trinajstić information content (AvgIpc) is 3.44. The molecule has 152 valence electrons. The van der Waals surface area contributed by atoms with Crippen molar-refractivity contribution in [3.8, 4) is 11.1 Å². The molecule has 5 rings (SSSR count). The molecule has 1 aliphatic rings. The monoisotopic (exact) mass is 422 g/mol. The van der Waals surface area contributed by atoms with Gasteiger partial charge in [0, 0.05) is 52.9 Å². The number of pyridine rings is 2. The predicted molar refractivity (Wildman–Crippen MR) is 115 cm³/mol. The Labute approximate surface area is 178 Å². The number of nitrogens with zero attached hydrogens (tertiary/aromatic N) is 3. The summed E-state index contributed by atoms with van der Waals surface area (Å²) in [4.78, 5) is 15.0. The maximum atomic E-state index is 13.5. The molecule has 0 amide bonds. The van der Waals surface area contributed by atoms with Crippen molar-refractivity contribution in [2.75, 3.05) is 13.1 Å². The van der Waals surface area contributed by atoms with E-state index in [-0.39, 0.29) is 12.4 Å². The number of benzene rings is 1. The summed E-state index contributed by atoms with van der Waals surface area (Å²) >= 11 is 6.15. The smallest absolute Gasteiger partial charge is 0.141 e. The van der Waals surface area contributed by atoms with Crippen LogP contribution in [0.3, 0.4) is 0 Å². The van der Waals surface area contributed by atoms with E-state index in [1.807, 2.05) is 30.6 Å². The molecule has 0 bridgehead atoms. The summed E-state index contributed by atoms with van der Waals surface area (Å²) in [5.74, 6) is 0.107. The van der Waals surface area contributed by atoms with Gasteiger partial charge in [-0.15, -0.1) is 0 Å². The highest BCUT2D eigenvalue weighted by molar-refractivity contribution is 6.31. The van der Waals surface area contributed by atoms with Gasteiger partial charge in [-0.3, -0.25) is 9.97 Å². The number of hydrogen-bond acceptors (Lipinski definition) is 4. The predicted octanol–water partition coefficient (Wildman–Crippen LogP) is 4.60. The lowest BCUT2D eigenvalue weighted by Crippen LogP contribution is -2.10. The largest absolute Gasteiger partial charge is 0.409 e. The van der Waals surface area contributed by atoms with Crippen LogP contribution in [0.15, 0.2) is 61.1 Å². The third kappa shape index (κ3) is 3.76. The first-order chi connectivity index (χ1) is 14.7. The summed E-state index contributed by atoms with van der Waals surface area (Å²) in [5.41, 5.74) is 5.41. The van der Waals surface area contributed by atoms with Gasteiger partial charge in [0.1, 0.15) is 17.9 Å². The highest BCUT2D eigenvalue weighted by Crippen LogP contribution is 2.27. The minimum absolute atomic E-state index is 0.151. The normalized spacial score (nSPS) is 16.3. The number of hydrogen-bond donors (Lipinski definition) is 1. The van der Waals surface area contributed by atoms with Crippen LogP contribution in [-0.4, -0.2) is 27.8 Å². The lowest BCUT2D eigenvalue weighted by molar-refractivity contribution is 0.107. The van der Waals surface area contributed by atoms with Crippen LogP contribution in [0.2, 0.25) is 5.02 Å². The molecule has 0 radical (unpaired) electrons. The summed E-state index contributed by atoms with van der Waals surface area (Å²) in [6.07, 6.45) is 6.63. The molecule has 1 fully saturated rings. The molecular formula is C23H20ClFN4O. The zero-order valence-corrected chi connectivity index (χ0v) is 16.9. The molecular weight excluding hydrogens is 403 g/mol. The highest BCUT2D eigenvalue weighted by atomic mass is 35.5. The van der Waals surface area contributed by atoms with Crippen molar-refractivity contribution < 1.29 is 9.23 Å². The molecule has 1 saturated heterocycles. The minimum Gasteiger partial charge on any atom is -0.409 e. The summed E-state index contributed by atoms with van der Waals surface area (Å²) in [6, 6.07) is 12.3. The highest BCUT2D eigenvalue weighted by Gasteiger charge is 2.18. The molecule has 1 unspecified atom stereocenters. The lowest BCUT2D eigenvalue weighted by Gasteiger charge is -2.11. The van der Waals surface area contributed by atoms with E-state index in [1.54, 1.807) is 10.9 Å². The Balaban J connectivity index is 1.43. The molecule has 1 atom stereocenters. The van der Waals surface area contributed by atoms with E-state index < -0.39 is 0 Å². The zero-order valence-electron chi connectivity index (χ0n) is 16.2. The summed E-state index contributed by atoms with van der Waals surface area (Å²) in [5, 5.41) is 3.86. The van der Waals surface area contributed by atoms with Gasteiger partial charge in [0.15, 0.2) is 0 Å². The van der Waals surface area contributed by atoms with Gasteiger partial charge >= 0.3 is 0 Å². The van der Waals surface area contributed by atoms with Crippen LogP contribution in [0.25, 0.3) is 22.2 Å². The van der Waals surface area contributed by atoms with E-state index in [1.165, 1.54) is 18.2 Å². The van der Waals surface area contributed by atoms with Gasteiger partial charge in [-0.05, 0) is 61.0 Å². The number of halogens is 2. The van der Waals surface area contributed by atoms with Crippen molar-refractivity contribution in [2.24, 2.45) is 0 Å². The van der Waals surface area contributed by atoms with E-state index in [0.717, 1.165) is 47.4 Å². The van der Waals surface area contributed by atoms with Crippen LogP contribution in [0.5, 0.6) is 0 Å². The Hall–Kier alpha value is -2.96. The molecule has 7 heteroatoms. The first kappa shape index (κ1) is 19.0. The van der Waals surface area contributed by atoms with E-state index in [9.17, 15) is 4.39 Å². The number of rotatable bonds is 5. The second kappa shape index (κ2) is 8.05. The number of nitrogens with one attached hydrogen (secondary N) is 1. The van der Waals surface area contributed by atoms with Crippen molar-refractivity contribution >= 4 is 22.6 Å². The van der Waals surface area contributed by atoms with E-state index in [0.29, 0.717) is 16.5 Å². The van der Waals surface area contributed by atoms with Gasteiger partial charge in [0.25, 0.3) is 0 Å². The van der Waals surface area contributed by atoms with Gasteiger partial charge in [0.2, 0.25) is 0 Å². The molecule has 1 aromatic carbocycles. The Morgan fingerprint density at radius 1 is 1.13 bits per heavy atom. The van der Waals surface area contributed by atoms with Gasteiger partial charge < -0.3 is 10.2 Å². The molecule has 30 heavy (non-hydrogen) atoms. The summed E-state index contributed by atoms with van der Waals surface area (Å²) < 4.78 is 15.2. The lowest BCUT2D eigenvalue weighted by atomic mass is 10.0. The maximum Gasteiger partial charge on any atom is 0.141 e. The first-order valence-electron chi connectivity index (χ1n) is 9.89. The molecule has 4 aromatic rings. The molecule has 0 spiro atoms. The van der Waals surface area contributed by atoms with Crippen LogP contribution in [0.4, 0.5) is 4.39 Å². The Kier molecular flexibility index (Phi) is 5.11. The first-order valence-corrected chi connectivity index (χ1v) is 10.3. The van der Waals surface area contributed by atoms with Crippen molar-refractivity contribution in [3.63, 3.8) is 0 Å². The van der Waals surface area contributed by atoms with Gasteiger partial charge in [-0.2, -0.15) is 4.73 Å². The standard InChI is InChI=1S/C23H20ClFN4O/c24-20-2-1-19(25)9-18(20)14-30-29-8-5-21-23(29)11-17(13-28-21)15-4-7-27-22(10-15)16-3-6-26-12-16/h1-2,4-5,7-11,13,16,26H,3,6,12,14H2. The van der Waals surface area contributed by atoms with Crippen LogP contribution < -0.4 is 10.2 Å². The van der Waals surface area contributed by atoms with Crippen molar-refractivity contribution in [1.29, 1.82) is 0 Å². The van der Waals surface area contributed by atoms with Crippen LogP contribution in [0, 0.1) is 5.82 Å². The zero-order chi connectivity index (χ0) is 20.5. The quantitative estimate of drug-likeness (QED) is 0.511. The van der Waals surface area contributed by atoms with Crippen LogP contribution in [0.1, 0.15) is 23.6 Å². The Bertz CT molecular complexity index is 1200. The SMILES string of the molecule is Fc1ccc(Cl)c(COn2ccc3ncc(-c4ccnc(C5CCNC5)c4)cc32)c1. The average molecular weight is 423 g/mol. The summed E-state index contributed by atoms with van der Waals surface area (Å²) in [7, 11) is 0. The number of fused-ring (bicyclic) bond motifs is 1. The fourth-order valence-corrected chi connectivity index (χ4v) is 3.98. The molecule has 0 aliphatic carbocycles. The van der Waals surface area contributed by atoms with Crippen LogP contribution in [-0.2, 0) is 6.61 Å². The number of aromatic nitrogens is 3. The van der Waals surface area contributed by atoms with Crippen LogP contribution >= 0.6 is 11.6 Å². The second-order valence-corrected chi connectivity index (χ2v) is 7.85.